The second kappa shape index (κ2) is 7.19. The van der Waals surface area contributed by atoms with E-state index >= 15 is 0 Å². The second-order valence-corrected chi connectivity index (χ2v) is 14.0. The maximum atomic E-state index is 6.65. The van der Waals surface area contributed by atoms with Crippen LogP contribution >= 0.6 is 0 Å². The average Bonchev–Trinajstić information content (AvgIpc) is 2.14. The Hall–Kier alpha value is 0.679. The van der Waals surface area contributed by atoms with Crippen LogP contribution in [0.3, 0.4) is 0 Å². The van der Waals surface area contributed by atoms with Crippen LogP contribution in [0, 0.1) is 0 Å². The van der Waals surface area contributed by atoms with E-state index in [1.807, 2.05) is 0 Å². The van der Waals surface area contributed by atoms with Crippen LogP contribution < -0.4 is 3.96 Å². The summed E-state index contributed by atoms with van der Waals surface area (Å²) in [4.78, 5) is 0. The van der Waals surface area contributed by atoms with E-state index in [0.29, 0.717) is 0 Å². The first-order valence-electron chi connectivity index (χ1n) is 6.53. The summed E-state index contributed by atoms with van der Waals surface area (Å²) in [7, 11) is 0. The van der Waals surface area contributed by atoms with E-state index in [4.69, 9.17) is 7.03 Å². The summed E-state index contributed by atoms with van der Waals surface area (Å²) in [5, 5.41) is 0. The molecule has 0 aliphatic carbocycles. The molecule has 0 amide bonds. The minimum atomic E-state index is -3.02. The summed E-state index contributed by atoms with van der Waals surface area (Å²) in [6.07, 6.45) is 2.39. The average molecular weight is 337 g/mol. The zero-order chi connectivity index (χ0) is 12.8. The third-order valence-electron chi connectivity index (χ3n) is 2.67. The Morgan fingerprint density at radius 1 is 1.12 bits per heavy atom. The summed E-state index contributed by atoms with van der Waals surface area (Å²) in [5.41, 5.74) is -0.110. The number of nitrogens with two attached hydrogens (primary N) is 1. The van der Waals surface area contributed by atoms with E-state index in [0.717, 1.165) is 17.5 Å². The fourth-order valence-corrected chi connectivity index (χ4v) is 12.1. The monoisotopic (exact) mass is 338 g/mol. The van der Waals surface area contributed by atoms with Crippen molar-refractivity contribution >= 4 is 19.3 Å². The van der Waals surface area contributed by atoms with Gasteiger partial charge in [0.25, 0.3) is 0 Å². The van der Waals surface area contributed by atoms with Crippen molar-refractivity contribution in [2.24, 2.45) is 3.96 Å². The molecule has 98 valence electrons. The predicted molar refractivity (Wildman–Crippen MR) is 73.4 cm³/mol. The van der Waals surface area contributed by atoms with Gasteiger partial charge in [0.05, 0.1) is 0 Å². The van der Waals surface area contributed by atoms with Gasteiger partial charge in [0, 0.05) is 0 Å². The van der Waals surface area contributed by atoms with Gasteiger partial charge >= 0.3 is 107 Å². The van der Waals surface area contributed by atoms with E-state index in [1.54, 1.807) is 0 Å². The van der Waals surface area contributed by atoms with Gasteiger partial charge in [0.1, 0.15) is 0 Å². The van der Waals surface area contributed by atoms with E-state index in [9.17, 15) is 0 Å². The van der Waals surface area contributed by atoms with Crippen molar-refractivity contribution < 1.29 is 3.07 Å². The van der Waals surface area contributed by atoms with Crippen molar-refractivity contribution in [3.05, 3.63) is 0 Å². The second-order valence-electron chi connectivity index (χ2n) is 5.34. The summed E-state index contributed by atoms with van der Waals surface area (Å²) in [6, 6.07) is 0. The molecule has 0 aliphatic rings. The molecule has 0 aromatic heterocycles. The van der Waals surface area contributed by atoms with Gasteiger partial charge < -0.3 is 0 Å². The summed E-state index contributed by atoms with van der Waals surface area (Å²) < 4.78 is 16.4. The quantitative estimate of drug-likeness (QED) is 0.726. The molecule has 0 bridgehead atoms. The molecule has 0 radical (unpaired) electrons. The molecule has 0 fully saturated rings. The summed E-state index contributed by atoms with van der Waals surface area (Å²) in [5.74, 6) is 0. The Morgan fingerprint density at radius 3 is 1.94 bits per heavy atom. The number of rotatable bonds is 7. The summed E-state index contributed by atoms with van der Waals surface area (Å²) >= 11 is -3.02. The van der Waals surface area contributed by atoms with E-state index in [-0.39, 0.29) is 5.60 Å². The van der Waals surface area contributed by atoms with Crippen LogP contribution in [-0.4, -0.2) is 41.1 Å². The molecule has 0 spiro atoms. The summed E-state index contributed by atoms with van der Waals surface area (Å²) in [6.45, 7) is 14.9. The first-order chi connectivity index (χ1) is 7.29. The predicted octanol–water partition coefficient (Wildman–Crippen LogP) is 2.84. The van der Waals surface area contributed by atoms with Gasteiger partial charge in [0.2, 0.25) is 0 Å². The molecular formula is C12H30N2OSn. The first-order valence-corrected chi connectivity index (χ1v) is 12.6. The molecule has 0 aromatic rings. The van der Waals surface area contributed by atoms with Crippen molar-refractivity contribution in [3.63, 3.8) is 0 Å². The van der Waals surface area contributed by atoms with Crippen molar-refractivity contribution in [2.45, 2.75) is 64.4 Å². The SMILES string of the molecule is CCC[CH2][Sn]([NH2])([O]C(C)(C)C)[N](CC)CC. The molecule has 0 saturated carbocycles. The van der Waals surface area contributed by atoms with E-state index in [2.05, 4.69) is 44.7 Å². The third kappa shape index (κ3) is 5.84. The molecular weight excluding hydrogens is 307 g/mol. The van der Waals surface area contributed by atoms with Crippen LogP contribution in [0.2, 0.25) is 4.44 Å². The third-order valence-corrected chi connectivity index (χ3v) is 13.3. The van der Waals surface area contributed by atoms with Crippen molar-refractivity contribution in [1.29, 1.82) is 0 Å². The number of unbranched alkanes of at least 4 members (excludes halogenated alkanes) is 1. The van der Waals surface area contributed by atoms with Gasteiger partial charge in [-0.2, -0.15) is 0 Å². The van der Waals surface area contributed by atoms with Gasteiger partial charge in [-0.3, -0.25) is 0 Å². The van der Waals surface area contributed by atoms with Crippen LogP contribution in [0.5, 0.6) is 0 Å². The molecule has 1 unspecified atom stereocenters. The molecule has 1 atom stereocenters. The Bertz CT molecular complexity index is 190. The number of hydrogen-bond donors (Lipinski definition) is 1. The fraction of sp³-hybridized carbons (Fsp3) is 1.00. The van der Waals surface area contributed by atoms with Gasteiger partial charge in [-0.1, -0.05) is 0 Å². The maximum absolute atomic E-state index is 6.65. The van der Waals surface area contributed by atoms with Crippen LogP contribution in [0.25, 0.3) is 0 Å². The molecule has 2 N–H and O–H groups in total. The fourth-order valence-electron chi connectivity index (χ4n) is 1.99. The van der Waals surface area contributed by atoms with Gasteiger partial charge in [0.15, 0.2) is 0 Å². The zero-order valence-corrected chi connectivity index (χ0v) is 14.8. The Morgan fingerprint density at radius 2 is 1.62 bits per heavy atom. The Balaban J connectivity index is 4.71. The molecule has 0 rings (SSSR count). The zero-order valence-electron chi connectivity index (χ0n) is 12.0. The molecule has 0 aromatic carbocycles. The topological polar surface area (TPSA) is 38.5 Å². The van der Waals surface area contributed by atoms with Crippen LogP contribution in [0.1, 0.15) is 54.4 Å². The van der Waals surface area contributed by atoms with E-state index in [1.165, 1.54) is 12.8 Å². The Kier molecular flexibility index (Phi) is 7.49. The Labute approximate surface area is 107 Å². The van der Waals surface area contributed by atoms with Crippen molar-refractivity contribution in [2.75, 3.05) is 13.1 Å². The minimum absolute atomic E-state index is 0.110. The molecule has 0 saturated heterocycles. The van der Waals surface area contributed by atoms with Crippen LogP contribution in [-0.2, 0) is 3.07 Å². The number of hydrogen-bond acceptors (Lipinski definition) is 3. The van der Waals surface area contributed by atoms with Gasteiger partial charge in [-0.05, 0) is 0 Å². The first kappa shape index (κ1) is 16.7. The molecule has 3 nitrogen and oxygen atoms in total. The van der Waals surface area contributed by atoms with E-state index < -0.39 is 19.3 Å². The van der Waals surface area contributed by atoms with Crippen LogP contribution in [0.4, 0.5) is 0 Å². The standard InChI is InChI=1S/C4H10N.C4H9O.C4H9.H2N.Sn/c1-3-5-4-2;1-4(2,3)5;1-3-4-2;;/h3-4H2,1-2H3;1-3H3;1,3-4H2,2H3;1H2;/q2*-1;;-1;+3. The molecule has 0 aliphatic heterocycles. The van der Waals surface area contributed by atoms with Gasteiger partial charge in [-0.15, -0.1) is 0 Å². The molecule has 16 heavy (non-hydrogen) atoms. The normalized spacial score (nSPS) is 16.5. The van der Waals surface area contributed by atoms with Crippen molar-refractivity contribution in [3.8, 4) is 0 Å². The molecule has 0 heterocycles. The van der Waals surface area contributed by atoms with Crippen molar-refractivity contribution in [1.82, 2.24) is 3.12 Å². The number of nitrogens with zero attached hydrogens (tertiary/aromatic N) is 1. The van der Waals surface area contributed by atoms with Gasteiger partial charge in [-0.25, -0.2) is 0 Å². The van der Waals surface area contributed by atoms with Crippen LogP contribution in [0.15, 0.2) is 0 Å². The molecule has 4 heteroatoms.